The highest BCUT2D eigenvalue weighted by Crippen LogP contribution is 2.26. The van der Waals surface area contributed by atoms with Crippen LogP contribution >= 0.6 is 0 Å². The van der Waals surface area contributed by atoms with Crippen molar-refractivity contribution in [1.29, 1.82) is 0 Å². The molecule has 0 bridgehead atoms. The monoisotopic (exact) mass is 500 g/mol. The van der Waals surface area contributed by atoms with E-state index in [0.717, 1.165) is 28.3 Å². The van der Waals surface area contributed by atoms with Crippen molar-refractivity contribution in [3.05, 3.63) is 71.4 Å². The minimum atomic E-state index is -3.91. The van der Waals surface area contributed by atoms with Gasteiger partial charge in [-0.1, -0.05) is 24.3 Å². The summed E-state index contributed by atoms with van der Waals surface area (Å²) in [5, 5.41) is 4.63. The van der Waals surface area contributed by atoms with Crippen LogP contribution in [0.15, 0.2) is 59.6 Å². The Morgan fingerprint density at radius 2 is 1.29 bits per heavy atom. The quantitative estimate of drug-likeness (QED) is 0.417. The highest BCUT2D eigenvalue weighted by molar-refractivity contribution is 7.89. The summed E-state index contributed by atoms with van der Waals surface area (Å²) in [6.45, 7) is 7.02. The minimum Gasteiger partial charge on any atom is -0.497 e. The minimum absolute atomic E-state index is 0.0475. The lowest BCUT2D eigenvalue weighted by molar-refractivity contribution is 0.309. The maximum atomic E-state index is 14.0. The molecule has 3 aromatic rings. The molecule has 1 aromatic heterocycles. The van der Waals surface area contributed by atoms with Gasteiger partial charge in [-0.15, -0.1) is 0 Å². The van der Waals surface area contributed by atoms with Crippen LogP contribution in [0.3, 0.4) is 0 Å². The first-order valence-electron chi connectivity index (χ1n) is 11.4. The lowest BCUT2D eigenvalue weighted by Gasteiger charge is -2.24. The number of ether oxygens (including phenoxy) is 2. The number of methoxy groups -OCH3 is 2. The number of benzene rings is 2. The molecule has 0 fully saturated rings. The van der Waals surface area contributed by atoms with Gasteiger partial charge in [0.15, 0.2) is 5.03 Å². The van der Waals surface area contributed by atoms with Crippen molar-refractivity contribution in [2.75, 3.05) is 28.3 Å². The van der Waals surface area contributed by atoms with Crippen LogP contribution < -0.4 is 9.47 Å². The van der Waals surface area contributed by atoms with E-state index < -0.39 is 10.0 Å². The van der Waals surface area contributed by atoms with Crippen molar-refractivity contribution in [3.8, 4) is 11.5 Å². The van der Waals surface area contributed by atoms with Crippen molar-refractivity contribution in [3.63, 3.8) is 0 Å². The van der Waals surface area contributed by atoms with E-state index >= 15 is 0 Å². The van der Waals surface area contributed by atoms with Gasteiger partial charge in [0.1, 0.15) is 11.5 Å². The van der Waals surface area contributed by atoms with E-state index in [1.807, 2.05) is 88.3 Å². The third-order valence-corrected chi connectivity index (χ3v) is 7.18. The fraction of sp³-hybridized carbons (Fsp3) is 0.423. The second-order valence-electron chi connectivity index (χ2n) is 9.76. The molecule has 190 valence electrons. The summed E-state index contributed by atoms with van der Waals surface area (Å²) >= 11 is 0. The molecular formula is C26H36N4O4S. The molecule has 0 aliphatic rings. The summed E-state index contributed by atoms with van der Waals surface area (Å²) in [7, 11) is 3.21. The molecule has 0 N–H and O–H groups in total. The number of hydrogen-bond acceptors (Lipinski definition) is 6. The smallest absolute Gasteiger partial charge is 0.263 e. The molecule has 0 spiro atoms. The molecule has 0 saturated heterocycles. The second kappa shape index (κ2) is 10.8. The predicted octanol–water partition coefficient (Wildman–Crippen LogP) is 4.11. The molecule has 1 heterocycles. The van der Waals surface area contributed by atoms with Gasteiger partial charge < -0.3 is 14.4 Å². The van der Waals surface area contributed by atoms with Crippen LogP contribution in [-0.4, -0.2) is 55.7 Å². The Bertz CT molecular complexity index is 1160. The van der Waals surface area contributed by atoms with Crippen LogP contribution in [0.4, 0.5) is 0 Å². The van der Waals surface area contributed by atoms with Crippen molar-refractivity contribution < 1.29 is 17.9 Å². The molecule has 35 heavy (non-hydrogen) atoms. The number of sulfonamides is 1. The van der Waals surface area contributed by atoms with E-state index in [0.29, 0.717) is 6.54 Å². The largest absolute Gasteiger partial charge is 0.497 e. The SMILES string of the molecule is COc1ccc(CN(Cc2ccc(OC)cc2)S(=O)(=O)c2cc(CN(C)C)n(C(C)(C)C)n2)cc1. The van der Waals surface area contributed by atoms with Crippen LogP contribution in [0.2, 0.25) is 0 Å². The zero-order chi connectivity index (χ0) is 25.8. The fourth-order valence-corrected chi connectivity index (χ4v) is 5.14. The average Bonchev–Trinajstić information content (AvgIpc) is 3.24. The molecule has 0 radical (unpaired) electrons. The summed E-state index contributed by atoms with van der Waals surface area (Å²) in [5.74, 6) is 1.44. The molecule has 0 atom stereocenters. The van der Waals surface area contributed by atoms with E-state index in [2.05, 4.69) is 5.10 Å². The van der Waals surface area contributed by atoms with Crippen molar-refractivity contribution in [2.45, 2.75) is 51.0 Å². The number of aromatic nitrogens is 2. The molecule has 0 aliphatic carbocycles. The van der Waals surface area contributed by atoms with Crippen LogP contribution in [-0.2, 0) is 35.2 Å². The highest BCUT2D eigenvalue weighted by atomic mass is 32.2. The Kier molecular flexibility index (Phi) is 8.25. The molecule has 0 unspecified atom stereocenters. The fourth-order valence-electron chi connectivity index (χ4n) is 3.77. The summed E-state index contributed by atoms with van der Waals surface area (Å²) < 4.78 is 41.7. The van der Waals surface area contributed by atoms with Gasteiger partial charge in [0.2, 0.25) is 0 Å². The molecule has 8 nitrogen and oxygen atoms in total. The van der Waals surface area contributed by atoms with Crippen molar-refractivity contribution in [1.82, 2.24) is 19.0 Å². The van der Waals surface area contributed by atoms with Gasteiger partial charge in [-0.2, -0.15) is 9.40 Å². The first-order valence-corrected chi connectivity index (χ1v) is 12.9. The molecule has 0 amide bonds. The average molecular weight is 501 g/mol. The van der Waals surface area contributed by atoms with E-state index in [-0.39, 0.29) is 23.7 Å². The van der Waals surface area contributed by atoms with Gasteiger partial charge in [-0.25, -0.2) is 8.42 Å². The van der Waals surface area contributed by atoms with E-state index in [1.54, 1.807) is 25.0 Å². The summed E-state index contributed by atoms with van der Waals surface area (Å²) in [4.78, 5) is 2.00. The van der Waals surface area contributed by atoms with Crippen molar-refractivity contribution in [2.24, 2.45) is 0 Å². The van der Waals surface area contributed by atoms with E-state index in [9.17, 15) is 8.42 Å². The second-order valence-corrected chi connectivity index (χ2v) is 11.6. The Hall–Kier alpha value is -2.88. The number of nitrogens with zero attached hydrogens (tertiary/aromatic N) is 4. The van der Waals surface area contributed by atoms with Gasteiger partial charge in [0.05, 0.1) is 25.5 Å². The van der Waals surface area contributed by atoms with Crippen molar-refractivity contribution >= 4 is 10.0 Å². The van der Waals surface area contributed by atoms with E-state index in [4.69, 9.17) is 9.47 Å². The standard InChI is InChI=1S/C26H36N4O4S/c1-26(2,3)30-22(19-28(4)5)16-25(27-30)35(31,32)29(17-20-8-12-23(33-6)13-9-20)18-21-10-14-24(34-7)15-11-21/h8-16H,17-19H2,1-7H3. The van der Waals surface area contributed by atoms with Gasteiger partial charge in [-0.3, -0.25) is 4.68 Å². The molecule has 0 aliphatic heterocycles. The lowest BCUT2D eigenvalue weighted by atomic mass is 10.1. The Morgan fingerprint density at radius 1 is 0.829 bits per heavy atom. The third-order valence-electron chi connectivity index (χ3n) is 5.51. The van der Waals surface area contributed by atoms with Crippen LogP contribution in [0, 0.1) is 0 Å². The first-order chi connectivity index (χ1) is 16.4. The molecule has 2 aromatic carbocycles. The normalized spacial score (nSPS) is 12.4. The predicted molar refractivity (Wildman–Crippen MR) is 137 cm³/mol. The molecule has 9 heteroatoms. The lowest BCUT2D eigenvalue weighted by Crippen LogP contribution is -2.31. The molecule has 0 saturated carbocycles. The third kappa shape index (κ3) is 6.62. The topological polar surface area (TPSA) is 76.9 Å². The van der Waals surface area contributed by atoms with Gasteiger partial charge in [0, 0.05) is 25.7 Å². The Labute approximate surface area is 209 Å². The van der Waals surface area contributed by atoms with Crippen LogP contribution in [0.1, 0.15) is 37.6 Å². The maximum absolute atomic E-state index is 14.0. The zero-order valence-corrected chi connectivity index (χ0v) is 22.5. The van der Waals surface area contributed by atoms with Crippen LogP contribution in [0.5, 0.6) is 11.5 Å². The van der Waals surface area contributed by atoms with Gasteiger partial charge in [-0.05, 0) is 70.3 Å². The number of hydrogen-bond donors (Lipinski definition) is 0. The summed E-state index contributed by atoms with van der Waals surface area (Å²) in [5.41, 5.74) is 2.18. The van der Waals surface area contributed by atoms with Gasteiger partial charge in [0.25, 0.3) is 10.0 Å². The Morgan fingerprint density at radius 3 is 1.66 bits per heavy atom. The summed E-state index contributed by atoms with van der Waals surface area (Å²) in [6, 6.07) is 16.5. The molecular weight excluding hydrogens is 464 g/mol. The van der Waals surface area contributed by atoms with Gasteiger partial charge >= 0.3 is 0 Å². The van der Waals surface area contributed by atoms with Crippen LogP contribution in [0.25, 0.3) is 0 Å². The zero-order valence-electron chi connectivity index (χ0n) is 21.6. The Balaban J connectivity index is 2.03. The van der Waals surface area contributed by atoms with E-state index in [1.165, 1.54) is 4.31 Å². The number of rotatable bonds is 10. The highest BCUT2D eigenvalue weighted by Gasteiger charge is 2.31. The first kappa shape index (κ1) is 26.7. The maximum Gasteiger partial charge on any atom is 0.263 e. The molecule has 3 rings (SSSR count). The summed E-state index contributed by atoms with van der Waals surface area (Å²) in [6.07, 6.45) is 0.